The van der Waals surface area contributed by atoms with Crippen molar-refractivity contribution in [2.75, 3.05) is 13.1 Å². The molecule has 0 aliphatic carbocycles. The third-order valence-electron chi connectivity index (χ3n) is 3.05. The van der Waals surface area contributed by atoms with E-state index in [0.717, 1.165) is 25.9 Å². The average molecular weight is 253 g/mol. The molecule has 3 nitrogen and oxygen atoms in total. The molecule has 18 heavy (non-hydrogen) atoms. The van der Waals surface area contributed by atoms with Crippen molar-refractivity contribution >= 4 is 6.09 Å². The number of carbonyl (C=O) groups is 1. The fourth-order valence-electron chi connectivity index (χ4n) is 2.02. The summed E-state index contributed by atoms with van der Waals surface area (Å²) >= 11 is 0. The fourth-order valence-corrected chi connectivity index (χ4v) is 2.02. The zero-order valence-electron chi connectivity index (χ0n) is 12.3. The van der Waals surface area contributed by atoms with E-state index in [4.69, 9.17) is 4.74 Å². The van der Waals surface area contributed by atoms with Crippen LogP contribution < -0.4 is 0 Å². The molecule has 1 aliphatic heterocycles. The van der Waals surface area contributed by atoms with Crippen LogP contribution in [0.3, 0.4) is 0 Å². The van der Waals surface area contributed by atoms with Gasteiger partial charge < -0.3 is 9.64 Å². The second-order valence-electron chi connectivity index (χ2n) is 5.97. The van der Waals surface area contributed by atoms with Crippen LogP contribution in [-0.4, -0.2) is 29.7 Å². The normalized spacial score (nSPS) is 16.7. The van der Waals surface area contributed by atoms with Gasteiger partial charge in [-0.1, -0.05) is 31.4 Å². The maximum atomic E-state index is 11.9. The number of allylic oxidation sites excluding steroid dienone is 1. The number of hydrogen-bond donors (Lipinski definition) is 0. The minimum atomic E-state index is -0.395. The highest BCUT2D eigenvalue weighted by Gasteiger charge is 2.24. The quantitative estimate of drug-likeness (QED) is 0.559. The van der Waals surface area contributed by atoms with Gasteiger partial charge in [0.05, 0.1) is 0 Å². The molecule has 0 atom stereocenters. The molecule has 1 fully saturated rings. The van der Waals surface area contributed by atoms with Crippen molar-refractivity contribution in [1.29, 1.82) is 0 Å². The van der Waals surface area contributed by atoms with E-state index in [1.165, 1.54) is 24.8 Å². The minimum absolute atomic E-state index is 0.171. The molecular formula is C15H27NO2. The number of piperidine rings is 1. The van der Waals surface area contributed by atoms with Crippen LogP contribution in [0, 0.1) is 0 Å². The first-order valence-electron chi connectivity index (χ1n) is 7.08. The zero-order valence-corrected chi connectivity index (χ0v) is 12.3. The van der Waals surface area contributed by atoms with E-state index in [0.29, 0.717) is 0 Å². The highest BCUT2D eigenvalue weighted by Crippen LogP contribution is 2.19. The predicted octanol–water partition coefficient (Wildman–Crippen LogP) is 4.13. The van der Waals surface area contributed by atoms with Gasteiger partial charge in [0.25, 0.3) is 0 Å². The van der Waals surface area contributed by atoms with Crippen LogP contribution in [0.5, 0.6) is 0 Å². The Morgan fingerprint density at radius 3 is 2.44 bits per heavy atom. The van der Waals surface area contributed by atoms with Crippen LogP contribution in [0.2, 0.25) is 0 Å². The van der Waals surface area contributed by atoms with Crippen LogP contribution in [-0.2, 0) is 4.74 Å². The molecular weight excluding hydrogens is 226 g/mol. The van der Waals surface area contributed by atoms with Gasteiger partial charge in [-0.25, -0.2) is 4.79 Å². The molecule has 0 aromatic rings. The maximum Gasteiger partial charge on any atom is 0.410 e. The van der Waals surface area contributed by atoms with Crippen LogP contribution in [0.1, 0.15) is 59.8 Å². The van der Waals surface area contributed by atoms with E-state index in [1.54, 1.807) is 0 Å². The first kappa shape index (κ1) is 15.1. The molecule has 0 saturated carbocycles. The van der Waals surface area contributed by atoms with Gasteiger partial charge in [0.2, 0.25) is 0 Å². The molecule has 0 radical (unpaired) electrons. The largest absolute Gasteiger partial charge is 0.444 e. The number of amides is 1. The number of likely N-dealkylation sites (tertiary alicyclic amines) is 1. The van der Waals surface area contributed by atoms with Crippen molar-refractivity contribution in [3.63, 3.8) is 0 Å². The molecule has 1 saturated heterocycles. The summed E-state index contributed by atoms with van der Waals surface area (Å²) < 4.78 is 5.38. The van der Waals surface area contributed by atoms with E-state index in [2.05, 4.69) is 13.0 Å². The minimum Gasteiger partial charge on any atom is -0.444 e. The lowest BCUT2D eigenvalue weighted by Gasteiger charge is -2.31. The first-order chi connectivity index (χ1) is 8.42. The van der Waals surface area contributed by atoms with Gasteiger partial charge in [0, 0.05) is 13.1 Å². The predicted molar refractivity (Wildman–Crippen MR) is 74.6 cm³/mol. The molecule has 1 rings (SSSR count). The van der Waals surface area contributed by atoms with E-state index >= 15 is 0 Å². The van der Waals surface area contributed by atoms with Crippen molar-refractivity contribution in [2.45, 2.75) is 65.4 Å². The summed E-state index contributed by atoms with van der Waals surface area (Å²) in [5, 5.41) is 0. The van der Waals surface area contributed by atoms with Crippen molar-refractivity contribution < 1.29 is 9.53 Å². The van der Waals surface area contributed by atoms with E-state index < -0.39 is 5.60 Å². The van der Waals surface area contributed by atoms with Crippen LogP contribution >= 0.6 is 0 Å². The Hall–Kier alpha value is -0.990. The standard InChI is InChI=1S/C15H27NO2/c1-5-6-7-8-13-9-11-16(12-10-13)14(17)18-15(2,3)4/h8H,5-7,9-12H2,1-4H3. The van der Waals surface area contributed by atoms with E-state index in [1.807, 2.05) is 25.7 Å². The summed E-state index contributed by atoms with van der Waals surface area (Å²) in [4.78, 5) is 13.7. The van der Waals surface area contributed by atoms with Crippen LogP contribution in [0.15, 0.2) is 11.6 Å². The summed E-state index contributed by atoms with van der Waals surface area (Å²) in [7, 11) is 0. The Bertz CT molecular complexity index is 292. The third kappa shape index (κ3) is 5.56. The SMILES string of the molecule is CCCCC=C1CCN(C(=O)OC(C)(C)C)CC1. The van der Waals surface area contributed by atoms with Crippen LogP contribution in [0.4, 0.5) is 4.79 Å². The van der Waals surface area contributed by atoms with Gasteiger partial charge in [-0.05, 0) is 40.0 Å². The Morgan fingerprint density at radius 1 is 1.33 bits per heavy atom. The number of carbonyl (C=O) groups excluding carboxylic acids is 1. The lowest BCUT2D eigenvalue weighted by atomic mass is 10.0. The van der Waals surface area contributed by atoms with Crippen molar-refractivity contribution in [1.82, 2.24) is 4.90 Å². The van der Waals surface area contributed by atoms with Gasteiger partial charge in [-0.15, -0.1) is 0 Å². The summed E-state index contributed by atoms with van der Waals surface area (Å²) in [5.74, 6) is 0. The van der Waals surface area contributed by atoms with Crippen molar-refractivity contribution in [3.05, 3.63) is 11.6 Å². The molecule has 0 aromatic heterocycles. The average Bonchev–Trinajstić information content (AvgIpc) is 2.28. The molecule has 0 spiro atoms. The lowest BCUT2D eigenvalue weighted by Crippen LogP contribution is -2.40. The fraction of sp³-hybridized carbons (Fsp3) is 0.800. The summed E-state index contributed by atoms with van der Waals surface area (Å²) in [6, 6.07) is 0. The number of unbranched alkanes of at least 4 members (excludes halogenated alkanes) is 2. The Morgan fingerprint density at radius 2 is 1.94 bits per heavy atom. The molecule has 0 aromatic carbocycles. The summed E-state index contributed by atoms with van der Waals surface area (Å²) in [6.45, 7) is 9.53. The van der Waals surface area contributed by atoms with Gasteiger partial charge >= 0.3 is 6.09 Å². The van der Waals surface area contributed by atoms with Crippen molar-refractivity contribution in [3.8, 4) is 0 Å². The number of nitrogens with zero attached hydrogens (tertiary/aromatic N) is 1. The lowest BCUT2D eigenvalue weighted by molar-refractivity contribution is 0.0236. The topological polar surface area (TPSA) is 29.5 Å². The van der Waals surface area contributed by atoms with Gasteiger partial charge in [0.15, 0.2) is 0 Å². The highest BCUT2D eigenvalue weighted by atomic mass is 16.6. The van der Waals surface area contributed by atoms with Gasteiger partial charge in [0.1, 0.15) is 5.60 Å². The van der Waals surface area contributed by atoms with Crippen LogP contribution in [0.25, 0.3) is 0 Å². The van der Waals surface area contributed by atoms with E-state index in [9.17, 15) is 4.79 Å². The highest BCUT2D eigenvalue weighted by molar-refractivity contribution is 5.68. The van der Waals surface area contributed by atoms with Gasteiger partial charge in [-0.2, -0.15) is 0 Å². The molecule has 0 bridgehead atoms. The molecule has 104 valence electrons. The second kappa shape index (κ2) is 6.81. The molecule has 1 aliphatic rings. The third-order valence-corrected chi connectivity index (χ3v) is 3.05. The van der Waals surface area contributed by atoms with Crippen molar-refractivity contribution in [2.24, 2.45) is 0 Å². The zero-order chi connectivity index (χ0) is 13.6. The number of ether oxygens (including phenoxy) is 1. The molecule has 0 N–H and O–H groups in total. The second-order valence-corrected chi connectivity index (χ2v) is 5.97. The smallest absolute Gasteiger partial charge is 0.410 e. The van der Waals surface area contributed by atoms with E-state index in [-0.39, 0.29) is 6.09 Å². The Labute approximate surface area is 111 Å². The Balaban J connectivity index is 2.35. The first-order valence-corrected chi connectivity index (χ1v) is 7.08. The number of hydrogen-bond acceptors (Lipinski definition) is 2. The Kier molecular flexibility index (Phi) is 5.70. The molecule has 3 heteroatoms. The van der Waals surface area contributed by atoms with Gasteiger partial charge in [-0.3, -0.25) is 0 Å². The summed E-state index contributed by atoms with van der Waals surface area (Å²) in [5.41, 5.74) is 1.11. The number of rotatable bonds is 3. The molecule has 0 unspecified atom stereocenters. The molecule has 1 heterocycles. The molecule has 1 amide bonds. The summed E-state index contributed by atoms with van der Waals surface area (Å²) in [6.07, 6.45) is 7.88. The monoisotopic (exact) mass is 253 g/mol. The maximum absolute atomic E-state index is 11.9.